The topological polar surface area (TPSA) is 69.9 Å². The van der Waals surface area contributed by atoms with Crippen LogP contribution < -0.4 is 14.8 Å². The first kappa shape index (κ1) is 20.5. The summed E-state index contributed by atoms with van der Waals surface area (Å²) in [6.07, 6.45) is 3.27. The van der Waals surface area contributed by atoms with Crippen molar-refractivity contribution in [3.63, 3.8) is 0 Å². The fraction of sp³-hybridized carbons (Fsp3) is 0.261. The summed E-state index contributed by atoms with van der Waals surface area (Å²) in [6.45, 7) is 2.79. The summed E-state index contributed by atoms with van der Waals surface area (Å²) in [5.41, 5.74) is 4.15. The van der Waals surface area contributed by atoms with Gasteiger partial charge < -0.3 is 23.9 Å². The van der Waals surface area contributed by atoms with Crippen molar-refractivity contribution in [1.82, 2.24) is 5.32 Å². The lowest BCUT2D eigenvalue weighted by molar-refractivity contribution is -0.116. The van der Waals surface area contributed by atoms with Crippen molar-refractivity contribution >= 4 is 22.4 Å². The van der Waals surface area contributed by atoms with Gasteiger partial charge in [-0.2, -0.15) is 0 Å². The van der Waals surface area contributed by atoms with Crippen LogP contribution in [0.3, 0.4) is 0 Å². The zero-order valence-electron chi connectivity index (χ0n) is 17.1. The van der Waals surface area contributed by atoms with Gasteiger partial charge in [0.05, 0.1) is 27.1 Å². The molecule has 1 aromatic heterocycles. The summed E-state index contributed by atoms with van der Waals surface area (Å²) in [6, 6.07) is 11.6. The molecule has 0 atom stereocenters. The Morgan fingerprint density at radius 2 is 1.83 bits per heavy atom. The Balaban J connectivity index is 2.05. The predicted molar refractivity (Wildman–Crippen MR) is 113 cm³/mol. The molecule has 0 spiro atoms. The molecule has 1 amide bonds. The normalized spacial score (nSPS) is 11.5. The third kappa shape index (κ3) is 4.43. The molecule has 0 bridgehead atoms. The quantitative estimate of drug-likeness (QED) is 0.455. The predicted octanol–water partition coefficient (Wildman–Crippen LogP) is 4.28. The molecule has 0 unspecified atom stereocenters. The van der Waals surface area contributed by atoms with Crippen molar-refractivity contribution in [2.24, 2.45) is 0 Å². The van der Waals surface area contributed by atoms with Gasteiger partial charge in [-0.15, -0.1) is 0 Å². The number of amides is 1. The van der Waals surface area contributed by atoms with Gasteiger partial charge in [-0.25, -0.2) is 0 Å². The second-order valence-corrected chi connectivity index (χ2v) is 6.51. The maximum atomic E-state index is 12.2. The summed E-state index contributed by atoms with van der Waals surface area (Å²) in [7, 11) is 4.84. The molecule has 3 aromatic rings. The van der Waals surface area contributed by atoms with Crippen LogP contribution in [0.1, 0.15) is 12.5 Å². The number of benzene rings is 2. The summed E-state index contributed by atoms with van der Waals surface area (Å²) < 4.78 is 21.8. The molecule has 152 valence electrons. The van der Waals surface area contributed by atoms with E-state index < -0.39 is 0 Å². The van der Waals surface area contributed by atoms with Gasteiger partial charge in [0, 0.05) is 47.9 Å². The number of hydrogen-bond acceptors (Lipinski definition) is 5. The molecular weight excluding hydrogens is 370 g/mol. The standard InChI is InChI=1S/C23H25NO5/c1-15(11-23(25)24-9-10-26-2)17-12-18-19(14-29-22(18)13-21(17)28-4)16-7-5-6-8-20(16)27-3/h5-8,11-14H,9-10H2,1-4H3,(H,24,25)/b15-11+. The van der Waals surface area contributed by atoms with E-state index in [2.05, 4.69) is 5.32 Å². The van der Waals surface area contributed by atoms with Crippen molar-refractivity contribution < 1.29 is 23.4 Å². The molecule has 29 heavy (non-hydrogen) atoms. The molecule has 3 rings (SSSR count). The van der Waals surface area contributed by atoms with E-state index in [0.717, 1.165) is 33.4 Å². The van der Waals surface area contributed by atoms with E-state index in [0.29, 0.717) is 24.5 Å². The lowest BCUT2D eigenvalue weighted by Gasteiger charge is -2.11. The van der Waals surface area contributed by atoms with Gasteiger partial charge in [0.15, 0.2) is 0 Å². The molecule has 6 heteroatoms. The summed E-state index contributed by atoms with van der Waals surface area (Å²) in [5.74, 6) is 1.22. The second-order valence-electron chi connectivity index (χ2n) is 6.51. The van der Waals surface area contributed by atoms with Crippen molar-refractivity contribution in [3.05, 3.63) is 54.3 Å². The number of rotatable bonds is 8. The highest BCUT2D eigenvalue weighted by Gasteiger charge is 2.16. The molecule has 0 fully saturated rings. The van der Waals surface area contributed by atoms with E-state index in [1.165, 1.54) is 0 Å². The zero-order valence-corrected chi connectivity index (χ0v) is 17.1. The van der Waals surface area contributed by atoms with Gasteiger partial charge in [-0.1, -0.05) is 18.2 Å². The van der Waals surface area contributed by atoms with Crippen LogP contribution in [0.2, 0.25) is 0 Å². The number of carbonyl (C=O) groups excluding carboxylic acids is 1. The highest BCUT2D eigenvalue weighted by atomic mass is 16.5. The number of nitrogens with one attached hydrogen (secondary N) is 1. The van der Waals surface area contributed by atoms with Gasteiger partial charge in [0.1, 0.15) is 17.1 Å². The van der Waals surface area contributed by atoms with Gasteiger partial charge >= 0.3 is 0 Å². The van der Waals surface area contributed by atoms with E-state index in [-0.39, 0.29) is 5.91 Å². The van der Waals surface area contributed by atoms with Crippen LogP contribution in [0.15, 0.2) is 53.2 Å². The van der Waals surface area contributed by atoms with Crippen LogP contribution in [0.4, 0.5) is 0 Å². The maximum Gasteiger partial charge on any atom is 0.244 e. The lowest BCUT2D eigenvalue weighted by Crippen LogP contribution is -2.25. The number of hydrogen-bond donors (Lipinski definition) is 1. The number of carbonyl (C=O) groups is 1. The molecule has 2 aromatic carbocycles. The fourth-order valence-electron chi connectivity index (χ4n) is 3.21. The monoisotopic (exact) mass is 395 g/mol. The first-order chi connectivity index (χ1) is 14.1. The Hall–Kier alpha value is -3.25. The van der Waals surface area contributed by atoms with Crippen LogP contribution in [0.25, 0.3) is 27.7 Å². The summed E-state index contributed by atoms with van der Waals surface area (Å²) >= 11 is 0. The van der Waals surface area contributed by atoms with E-state index in [1.807, 2.05) is 43.3 Å². The van der Waals surface area contributed by atoms with E-state index in [1.54, 1.807) is 33.7 Å². The number of furan rings is 1. The summed E-state index contributed by atoms with van der Waals surface area (Å²) in [5, 5.41) is 3.70. The number of para-hydroxylation sites is 1. The number of methoxy groups -OCH3 is 3. The Morgan fingerprint density at radius 3 is 2.55 bits per heavy atom. The Labute approximate surface area is 170 Å². The maximum absolute atomic E-state index is 12.2. The molecule has 1 heterocycles. The minimum Gasteiger partial charge on any atom is -0.496 e. The highest BCUT2D eigenvalue weighted by Crippen LogP contribution is 2.40. The van der Waals surface area contributed by atoms with Crippen LogP contribution >= 0.6 is 0 Å². The van der Waals surface area contributed by atoms with E-state index in [4.69, 9.17) is 18.6 Å². The summed E-state index contributed by atoms with van der Waals surface area (Å²) in [4.78, 5) is 12.2. The highest BCUT2D eigenvalue weighted by molar-refractivity contribution is 6.01. The molecule has 6 nitrogen and oxygen atoms in total. The van der Waals surface area contributed by atoms with E-state index >= 15 is 0 Å². The Kier molecular flexibility index (Phi) is 6.57. The number of ether oxygens (including phenoxy) is 3. The van der Waals surface area contributed by atoms with Gasteiger partial charge in [0.2, 0.25) is 5.91 Å². The van der Waals surface area contributed by atoms with Gasteiger partial charge in [0.25, 0.3) is 0 Å². The van der Waals surface area contributed by atoms with Crippen LogP contribution in [-0.2, 0) is 9.53 Å². The van der Waals surface area contributed by atoms with Crippen LogP contribution in [-0.4, -0.2) is 40.4 Å². The van der Waals surface area contributed by atoms with Crippen molar-refractivity contribution in [1.29, 1.82) is 0 Å². The van der Waals surface area contributed by atoms with Crippen LogP contribution in [0, 0.1) is 0 Å². The fourth-order valence-corrected chi connectivity index (χ4v) is 3.21. The Morgan fingerprint density at radius 1 is 1.07 bits per heavy atom. The zero-order chi connectivity index (χ0) is 20.8. The largest absolute Gasteiger partial charge is 0.496 e. The number of allylic oxidation sites excluding steroid dienone is 1. The number of fused-ring (bicyclic) bond motifs is 1. The molecule has 0 aliphatic heterocycles. The van der Waals surface area contributed by atoms with Crippen molar-refractivity contribution in [3.8, 4) is 22.6 Å². The van der Waals surface area contributed by atoms with Gasteiger partial charge in [-0.05, 0) is 24.6 Å². The molecular formula is C23H25NO5. The lowest BCUT2D eigenvalue weighted by atomic mass is 9.99. The molecule has 0 aliphatic rings. The molecule has 0 saturated heterocycles. The van der Waals surface area contributed by atoms with Crippen molar-refractivity contribution in [2.45, 2.75) is 6.92 Å². The first-order valence-electron chi connectivity index (χ1n) is 9.27. The molecule has 0 aliphatic carbocycles. The first-order valence-corrected chi connectivity index (χ1v) is 9.27. The average molecular weight is 395 g/mol. The Bertz CT molecular complexity index is 1030. The smallest absolute Gasteiger partial charge is 0.244 e. The molecule has 0 saturated carbocycles. The minimum absolute atomic E-state index is 0.182. The van der Waals surface area contributed by atoms with Crippen molar-refractivity contribution in [2.75, 3.05) is 34.5 Å². The average Bonchev–Trinajstić information content (AvgIpc) is 3.15. The van der Waals surface area contributed by atoms with Crippen LogP contribution in [0.5, 0.6) is 11.5 Å². The minimum atomic E-state index is -0.182. The third-order valence-corrected chi connectivity index (χ3v) is 4.67. The third-order valence-electron chi connectivity index (χ3n) is 4.67. The molecule has 0 radical (unpaired) electrons. The molecule has 1 N–H and O–H groups in total. The second kappa shape index (κ2) is 9.30. The van der Waals surface area contributed by atoms with Gasteiger partial charge in [-0.3, -0.25) is 4.79 Å². The van der Waals surface area contributed by atoms with E-state index in [9.17, 15) is 4.79 Å². The SMILES string of the molecule is COCCNC(=O)/C=C(\C)c1cc2c(-c3ccccc3OC)coc2cc1OC.